The fourth-order valence-electron chi connectivity index (χ4n) is 3.05. The first-order valence-electron chi connectivity index (χ1n) is 7.39. The number of benzene rings is 1. The van der Waals surface area contributed by atoms with Crippen LogP contribution in [-0.2, 0) is 4.79 Å². The average Bonchev–Trinajstić information content (AvgIpc) is 2.99. The lowest BCUT2D eigenvalue weighted by atomic mass is 9.82. The summed E-state index contributed by atoms with van der Waals surface area (Å²) in [6.07, 6.45) is 4.97. The van der Waals surface area contributed by atoms with E-state index in [2.05, 4.69) is 12.2 Å². The number of rotatable bonds is 5. The molecule has 0 aromatic heterocycles. The molecule has 0 saturated heterocycles. The van der Waals surface area contributed by atoms with Crippen molar-refractivity contribution >= 4 is 17.3 Å². The van der Waals surface area contributed by atoms with Crippen molar-refractivity contribution in [2.24, 2.45) is 5.41 Å². The van der Waals surface area contributed by atoms with Crippen LogP contribution in [0.4, 0.5) is 11.4 Å². The molecular weight excluding hydrogens is 268 g/mol. The van der Waals surface area contributed by atoms with Gasteiger partial charge in [-0.25, -0.2) is 0 Å². The van der Waals surface area contributed by atoms with E-state index in [0.717, 1.165) is 32.1 Å². The van der Waals surface area contributed by atoms with Crippen LogP contribution in [0.2, 0.25) is 0 Å². The molecule has 116 valence electrons. The maximum absolute atomic E-state index is 12.6. The smallest absolute Gasteiger partial charge is 0.230 e. The number of carbonyl (C=O) groups excluding carboxylic acids is 1. The van der Waals surface area contributed by atoms with Crippen LogP contribution in [-0.4, -0.2) is 20.1 Å². The second-order valence-electron chi connectivity index (χ2n) is 5.59. The minimum absolute atomic E-state index is 0.0569. The summed E-state index contributed by atoms with van der Waals surface area (Å²) < 4.78 is 10.5. The fourth-order valence-corrected chi connectivity index (χ4v) is 3.05. The molecule has 1 amide bonds. The Bertz CT molecular complexity index is 522. The molecule has 5 nitrogen and oxygen atoms in total. The summed E-state index contributed by atoms with van der Waals surface area (Å²) in [5, 5.41) is 2.97. The van der Waals surface area contributed by atoms with Gasteiger partial charge in [-0.2, -0.15) is 0 Å². The van der Waals surface area contributed by atoms with Crippen LogP contribution in [0.15, 0.2) is 12.1 Å². The van der Waals surface area contributed by atoms with Gasteiger partial charge in [-0.3, -0.25) is 4.79 Å². The second-order valence-corrected chi connectivity index (χ2v) is 5.59. The molecule has 1 aromatic carbocycles. The molecule has 0 atom stereocenters. The Labute approximate surface area is 125 Å². The summed E-state index contributed by atoms with van der Waals surface area (Å²) in [5.41, 5.74) is 6.81. The van der Waals surface area contributed by atoms with E-state index in [4.69, 9.17) is 15.2 Å². The maximum Gasteiger partial charge on any atom is 0.230 e. The van der Waals surface area contributed by atoms with Gasteiger partial charge >= 0.3 is 0 Å². The summed E-state index contributed by atoms with van der Waals surface area (Å²) in [5.74, 6) is 1.17. The van der Waals surface area contributed by atoms with Crippen molar-refractivity contribution in [1.29, 1.82) is 0 Å². The Kier molecular flexibility index (Phi) is 4.60. The third kappa shape index (κ3) is 2.91. The largest absolute Gasteiger partial charge is 0.493 e. The predicted molar refractivity (Wildman–Crippen MR) is 83.8 cm³/mol. The van der Waals surface area contributed by atoms with E-state index in [1.807, 2.05) is 0 Å². The van der Waals surface area contributed by atoms with E-state index in [1.54, 1.807) is 26.4 Å². The molecule has 1 aliphatic carbocycles. The Morgan fingerprint density at radius 1 is 1.24 bits per heavy atom. The lowest BCUT2D eigenvalue weighted by molar-refractivity contribution is -0.125. The monoisotopic (exact) mass is 292 g/mol. The minimum atomic E-state index is -0.250. The van der Waals surface area contributed by atoms with E-state index in [-0.39, 0.29) is 11.3 Å². The van der Waals surface area contributed by atoms with Crippen molar-refractivity contribution in [3.8, 4) is 11.5 Å². The van der Waals surface area contributed by atoms with Gasteiger partial charge in [0, 0.05) is 17.5 Å². The molecule has 1 fully saturated rings. The van der Waals surface area contributed by atoms with Crippen molar-refractivity contribution in [2.45, 2.75) is 39.0 Å². The number of amides is 1. The average molecular weight is 292 g/mol. The second kappa shape index (κ2) is 6.24. The van der Waals surface area contributed by atoms with Gasteiger partial charge in [-0.15, -0.1) is 0 Å². The van der Waals surface area contributed by atoms with E-state index in [1.165, 1.54) is 0 Å². The van der Waals surface area contributed by atoms with Crippen LogP contribution in [0.5, 0.6) is 11.5 Å². The van der Waals surface area contributed by atoms with E-state index < -0.39 is 0 Å². The molecule has 0 aliphatic heterocycles. The zero-order valence-electron chi connectivity index (χ0n) is 13.0. The highest BCUT2D eigenvalue weighted by atomic mass is 16.5. The molecular formula is C16H24N2O3. The Morgan fingerprint density at radius 3 is 2.33 bits per heavy atom. The predicted octanol–water partition coefficient (Wildman–Crippen LogP) is 3.19. The van der Waals surface area contributed by atoms with Crippen LogP contribution in [0.25, 0.3) is 0 Å². The number of hydrogen-bond donors (Lipinski definition) is 2. The maximum atomic E-state index is 12.6. The van der Waals surface area contributed by atoms with Crippen LogP contribution in [0, 0.1) is 5.41 Å². The van der Waals surface area contributed by atoms with E-state index >= 15 is 0 Å². The first-order valence-corrected chi connectivity index (χ1v) is 7.39. The molecule has 0 unspecified atom stereocenters. The number of nitrogens with two attached hydrogens (primary N) is 1. The minimum Gasteiger partial charge on any atom is -0.493 e. The molecule has 21 heavy (non-hydrogen) atoms. The number of anilines is 2. The molecule has 0 bridgehead atoms. The highest BCUT2D eigenvalue weighted by Crippen LogP contribution is 2.43. The Balaban J connectivity index is 2.24. The molecule has 3 N–H and O–H groups in total. The topological polar surface area (TPSA) is 73.6 Å². The molecule has 1 saturated carbocycles. The van der Waals surface area contributed by atoms with E-state index in [0.29, 0.717) is 22.9 Å². The Morgan fingerprint density at radius 2 is 1.81 bits per heavy atom. The van der Waals surface area contributed by atoms with Gasteiger partial charge in [0.2, 0.25) is 5.91 Å². The first kappa shape index (κ1) is 15.5. The van der Waals surface area contributed by atoms with Crippen LogP contribution < -0.4 is 20.5 Å². The molecule has 1 aliphatic rings. The standard InChI is InChI=1S/C16H24N2O3/c1-4-16(7-5-6-8-16)15(19)18-12-10-14(21-3)13(20-2)9-11(12)17/h9-10H,4-8,17H2,1-3H3,(H,18,19). The van der Waals surface area contributed by atoms with Gasteiger partial charge in [0.25, 0.3) is 0 Å². The first-order chi connectivity index (χ1) is 10.1. The van der Waals surface area contributed by atoms with Crippen molar-refractivity contribution in [3.63, 3.8) is 0 Å². The van der Waals surface area contributed by atoms with Crippen LogP contribution >= 0.6 is 0 Å². The number of nitrogens with one attached hydrogen (secondary N) is 1. The van der Waals surface area contributed by atoms with Gasteiger partial charge in [0.1, 0.15) is 0 Å². The number of hydrogen-bond acceptors (Lipinski definition) is 4. The number of methoxy groups -OCH3 is 2. The highest BCUT2D eigenvalue weighted by molar-refractivity contribution is 5.98. The molecule has 2 rings (SSSR count). The SMILES string of the molecule is CCC1(C(=O)Nc2cc(OC)c(OC)cc2N)CCCC1. The van der Waals surface area contributed by atoms with Gasteiger partial charge < -0.3 is 20.5 Å². The Hall–Kier alpha value is -1.91. The van der Waals surface area contributed by atoms with Crippen LogP contribution in [0.3, 0.4) is 0 Å². The third-order valence-corrected chi connectivity index (χ3v) is 4.52. The normalized spacial score (nSPS) is 16.5. The highest BCUT2D eigenvalue weighted by Gasteiger charge is 2.39. The summed E-state index contributed by atoms with van der Waals surface area (Å²) in [4.78, 5) is 12.6. The number of ether oxygens (including phenoxy) is 2. The van der Waals surface area contributed by atoms with Crippen molar-refractivity contribution in [2.75, 3.05) is 25.3 Å². The van der Waals surface area contributed by atoms with Gasteiger partial charge in [0.15, 0.2) is 11.5 Å². The number of nitrogen functional groups attached to an aromatic ring is 1. The van der Waals surface area contributed by atoms with Gasteiger partial charge in [-0.1, -0.05) is 19.8 Å². The molecule has 1 aromatic rings. The van der Waals surface area contributed by atoms with Crippen molar-refractivity contribution in [1.82, 2.24) is 0 Å². The lowest BCUT2D eigenvalue weighted by Gasteiger charge is -2.26. The quantitative estimate of drug-likeness (QED) is 0.817. The molecule has 5 heteroatoms. The number of carbonyl (C=O) groups is 1. The molecule has 0 radical (unpaired) electrons. The van der Waals surface area contributed by atoms with Crippen molar-refractivity contribution < 1.29 is 14.3 Å². The van der Waals surface area contributed by atoms with Gasteiger partial charge in [-0.05, 0) is 19.3 Å². The summed E-state index contributed by atoms with van der Waals surface area (Å²) in [7, 11) is 3.12. The van der Waals surface area contributed by atoms with Crippen molar-refractivity contribution in [3.05, 3.63) is 12.1 Å². The zero-order chi connectivity index (χ0) is 15.5. The molecule has 0 spiro atoms. The summed E-state index contributed by atoms with van der Waals surface area (Å²) in [6, 6.07) is 3.38. The third-order valence-electron chi connectivity index (χ3n) is 4.52. The fraction of sp³-hybridized carbons (Fsp3) is 0.562. The van der Waals surface area contributed by atoms with Crippen LogP contribution in [0.1, 0.15) is 39.0 Å². The lowest BCUT2D eigenvalue weighted by Crippen LogP contribution is -2.33. The summed E-state index contributed by atoms with van der Waals surface area (Å²) >= 11 is 0. The van der Waals surface area contributed by atoms with Gasteiger partial charge in [0.05, 0.1) is 25.6 Å². The summed E-state index contributed by atoms with van der Waals surface area (Å²) in [6.45, 7) is 2.07. The zero-order valence-corrected chi connectivity index (χ0v) is 13.0. The van der Waals surface area contributed by atoms with E-state index in [9.17, 15) is 4.79 Å². The molecule has 0 heterocycles.